The monoisotopic (exact) mass is 488 g/mol. The van der Waals surface area contributed by atoms with Crippen molar-refractivity contribution in [3.05, 3.63) is 87.5 Å². The van der Waals surface area contributed by atoms with Crippen LogP contribution in [-0.4, -0.2) is 41.0 Å². The fourth-order valence-corrected chi connectivity index (χ4v) is 4.86. The van der Waals surface area contributed by atoms with Gasteiger partial charge >= 0.3 is 5.97 Å². The molecule has 2 aromatic carbocycles. The van der Waals surface area contributed by atoms with E-state index in [1.54, 1.807) is 35.8 Å². The second-order valence-corrected chi connectivity index (χ2v) is 8.89. The molecule has 0 radical (unpaired) electrons. The molecule has 1 atom stereocenters. The van der Waals surface area contributed by atoms with Crippen molar-refractivity contribution in [2.24, 2.45) is 0 Å². The van der Waals surface area contributed by atoms with Crippen molar-refractivity contribution in [3.63, 3.8) is 0 Å². The highest BCUT2D eigenvalue weighted by molar-refractivity contribution is 5.83. The summed E-state index contributed by atoms with van der Waals surface area (Å²) < 4.78 is 17.9. The van der Waals surface area contributed by atoms with Gasteiger partial charge in [0.15, 0.2) is 11.5 Å². The Morgan fingerprint density at radius 1 is 1.14 bits per heavy atom. The minimum Gasteiger partial charge on any atom is -0.507 e. The Balaban J connectivity index is 1.54. The first kappa shape index (κ1) is 23.5. The van der Waals surface area contributed by atoms with Crippen LogP contribution in [0.2, 0.25) is 0 Å². The number of nitrogens with zero attached hydrogens (tertiary/aromatic N) is 1. The van der Waals surface area contributed by atoms with E-state index in [4.69, 9.17) is 14.2 Å². The number of hydrogen-bond donors (Lipinski definition) is 2. The summed E-state index contributed by atoms with van der Waals surface area (Å²) in [6.45, 7) is 3.08. The first-order valence-electron chi connectivity index (χ1n) is 11.9. The smallest absolute Gasteiger partial charge is 0.306 e. The average Bonchev–Trinajstić information content (AvgIpc) is 3.30. The zero-order valence-corrected chi connectivity index (χ0v) is 20.2. The average molecular weight is 489 g/mol. The lowest BCUT2D eigenvalue weighted by atomic mass is 9.88. The Morgan fingerprint density at radius 3 is 2.72 bits per heavy atom. The van der Waals surface area contributed by atoms with Gasteiger partial charge in [0, 0.05) is 35.3 Å². The largest absolute Gasteiger partial charge is 0.507 e. The summed E-state index contributed by atoms with van der Waals surface area (Å²) in [6.07, 6.45) is 2.48. The first-order valence-corrected chi connectivity index (χ1v) is 11.9. The van der Waals surface area contributed by atoms with Gasteiger partial charge < -0.3 is 28.9 Å². The molecule has 186 valence electrons. The summed E-state index contributed by atoms with van der Waals surface area (Å²) in [5, 5.41) is 12.0. The second-order valence-electron chi connectivity index (χ2n) is 8.89. The number of ether oxygens (including phenoxy) is 3. The highest BCUT2D eigenvalue weighted by atomic mass is 16.6. The molecule has 3 heterocycles. The molecule has 8 heteroatoms. The van der Waals surface area contributed by atoms with Crippen LogP contribution in [0.5, 0.6) is 17.2 Å². The fourth-order valence-electron chi connectivity index (χ4n) is 4.86. The van der Waals surface area contributed by atoms with Crippen molar-refractivity contribution in [3.8, 4) is 17.2 Å². The SMILES string of the molecule is COC(=O)CC(c1ccc2c(c1)OCCO2)c1c(O)cc(C)n(CCc2c[nH]c3ccccc23)c1=O. The number of pyridine rings is 1. The molecule has 2 aromatic heterocycles. The lowest BCUT2D eigenvalue weighted by Crippen LogP contribution is -2.29. The maximum absolute atomic E-state index is 13.8. The molecule has 0 saturated carbocycles. The number of carbonyl (C=O) groups is 1. The standard InChI is InChI=1S/C28H28N2O6/c1-17-13-23(31)27(28(33)30(17)10-9-19-16-29-22-6-4-3-5-20(19)22)21(15-26(32)34-2)18-7-8-24-25(14-18)36-12-11-35-24/h3-8,13-14,16,21,29,31H,9-12,15H2,1-2H3. The molecule has 1 unspecified atom stereocenters. The molecular formula is C28H28N2O6. The van der Waals surface area contributed by atoms with Gasteiger partial charge in [-0.15, -0.1) is 0 Å². The van der Waals surface area contributed by atoms with Gasteiger partial charge in [-0.3, -0.25) is 9.59 Å². The quantitative estimate of drug-likeness (QED) is 0.381. The van der Waals surface area contributed by atoms with Gasteiger partial charge in [0.2, 0.25) is 0 Å². The molecule has 0 aliphatic carbocycles. The van der Waals surface area contributed by atoms with E-state index in [0.717, 1.165) is 16.5 Å². The minimum absolute atomic E-state index is 0.107. The van der Waals surface area contributed by atoms with Gasteiger partial charge in [-0.05, 0) is 48.7 Å². The number of benzene rings is 2. The number of para-hydroxylation sites is 1. The van der Waals surface area contributed by atoms with Crippen molar-refractivity contribution >= 4 is 16.9 Å². The fraction of sp³-hybridized carbons (Fsp3) is 0.286. The first-order chi connectivity index (χ1) is 17.5. The Bertz CT molecular complexity index is 1490. The van der Waals surface area contributed by atoms with Crippen LogP contribution in [0.3, 0.4) is 0 Å². The predicted octanol–water partition coefficient (Wildman–Crippen LogP) is 4.05. The Morgan fingerprint density at radius 2 is 1.92 bits per heavy atom. The minimum atomic E-state index is -0.722. The number of carbonyl (C=O) groups excluding carboxylic acids is 1. The van der Waals surface area contributed by atoms with Crippen molar-refractivity contribution in [1.29, 1.82) is 0 Å². The number of aromatic hydroxyl groups is 1. The maximum atomic E-state index is 13.8. The molecule has 1 aliphatic heterocycles. The summed E-state index contributed by atoms with van der Waals surface area (Å²) >= 11 is 0. The van der Waals surface area contributed by atoms with Gasteiger partial charge in [-0.1, -0.05) is 24.3 Å². The Labute approximate surface area is 208 Å². The highest BCUT2D eigenvalue weighted by Crippen LogP contribution is 2.38. The maximum Gasteiger partial charge on any atom is 0.306 e. The number of esters is 1. The van der Waals surface area contributed by atoms with E-state index in [1.807, 2.05) is 30.5 Å². The lowest BCUT2D eigenvalue weighted by Gasteiger charge is -2.23. The molecule has 2 N–H and O–H groups in total. The molecule has 1 aliphatic rings. The van der Waals surface area contributed by atoms with E-state index in [-0.39, 0.29) is 23.3 Å². The number of methoxy groups -OCH3 is 1. The van der Waals surface area contributed by atoms with Gasteiger partial charge in [-0.25, -0.2) is 0 Å². The van der Waals surface area contributed by atoms with E-state index in [1.165, 1.54) is 7.11 Å². The molecule has 0 saturated heterocycles. The molecule has 0 fully saturated rings. The van der Waals surface area contributed by atoms with E-state index < -0.39 is 11.9 Å². The third kappa shape index (κ3) is 4.42. The number of H-pyrrole nitrogens is 1. The predicted molar refractivity (Wildman–Crippen MR) is 135 cm³/mol. The summed E-state index contributed by atoms with van der Waals surface area (Å²) in [5.74, 6) is -0.212. The van der Waals surface area contributed by atoms with Crippen LogP contribution in [0.1, 0.15) is 34.7 Å². The molecule has 8 nitrogen and oxygen atoms in total. The van der Waals surface area contributed by atoms with Crippen LogP contribution in [-0.2, 0) is 22.5 Å². The Hall–Kier alpha value is -4.20. The number of aromatic amines is 1. The Kier molecular flexibility index (Phi) is 6.41. The molecule has 0 amide bonds. The zero-order valence-electron chi connectivity index (χ0n) is 20.2. The molecular weight excluding hydrogens is 460 g/mol. The molecule has 5 rings (SSSR count). The normalized spacial score (nSPS) is 13.5. The topological polar surface area (TPSA) is 103 Å². The lowest BCUT2D eigenvalue weighted by molar-refractivity contribution is -0.140. The van der Waals surface area contributed by atoms with Crippen LogP contribution < -0.4 is 15.0 Å². The number of aryl methyl sites for hydroxylation is 2. The van der Waals surface area contributed by atoms with Crippen LogP contribution in [0.4, 0.5) is 0 Å². The van der Waals surface area contributed by atoms with Gasteiger partial charge in [0.25, 0.3) is 5.56 Å². The van der Waals surface area contributed by atoms with E-state index in [9.17, 15) is 14.7 Å². The molecule has 36 heavy (non-hydrogen) atoms. The molecule has 0 spiro atoms. The summed E-state index contributed by atoms with van der Waals surface area (Å²) in [4.78, 5) is 29.4. The van der Waals surface area contributed by atoms with E-state index >= 15 is 0 Å². The van der Waals surface area contributed by atoms with Gasteiger partial charge in [-0.2, -0.15) is 0 Å². The van der Waals surface area contributed by atoms with Gasteiger partial charge in [0.05, 0.1) is 19.1 Å². The highest BCUT2D eigenvalue weighted by Gasteiger charge is 2.28. The van der Waals surface area contributed by atoms with E-state index in [2.05, 4.69) is 4.98 Å². The van der Waals surface area contributed by atoms with Crippen LogP contribution in [0.25, 0.3) is 10.9 Å². The second kappa shape index (κ2) is 9.81. The van der Waals surface area contributed by atoms with Crippen molar-refractivity contribution in [2.45, 2.75) is 32.2 Å². The summed E-state index contributed by atoms with van der Waals surface area (Å²) in [7, 11) is 1.30. The zero-order chi connectivity index (χ0) is 25.2. The van der Waals surface area contributed by atoms with Crippen LogP contribution >= 0.6 is 0 Å². The number of rotatable bonds is 7. The third-order valence-corrected chi connectivity index (χ3v) is 6.72. The van der Waals surface area contributed by atoms with Crippen LogP contribution in [0.15, 0.2) is 59.5 Å². The molecule has 0 bridgehead atoms. The van der Waals surface area contributed by atoms with Crippen LogP contribution in [0, 0.1) is 6.92 Å². The number of fused-ring (bicyclic) bond motifs is 2. The molecule has 4 aromatic rings. The summed E-state index contributed by atoms with van der Waals surface area (Å²) in [6, 6.07) is 14.9. The number of hydrogen-bond acceptors (Lipinski definition) is 6. The van der Waals surface area contributed by atoms with Crippen molar-refractivity contribution in [2.75, 3.05) is 20.3 Å². The third-order valence-electron chi connectivity index (χ3n) is 6.72. The number of nitrogens with one attached hydrogen (secondary N) is 1. The van der Waals surface area contributed by atoms with E-state index in [0.29, 0.717) is 48.9 Å². The van der Waals surface area contributed by atoms with Gasteiger partial charge in [0.1, 0.15) is 19.0 Å². The van der Waals surface area contributed by atoms with Crippen molar-refractivity contribution in [1.82, 2.24) is 9.55 Å². The summed E-state index contributed by atoms with van der Waals surface area (Å²) in [5.41, 5.74) is 3.26. The van der Waals surface area contributed by atoms with Crippen molar-refractivity contribution < 1.29 is 24.1 Å². The number of aromatic nitrogens is 2.